The minimum absolute atomic E-state index is 0.0180. The normalized spacial score (nSPS) is 12.1. The van der Waals surface area contributed by atoms with Gasteiger partial charge in [0.15, 0.2) is 17.2 Å². The largest absolute Gasteiger partial charge is 0.453 e. The average molecular weight is 654 g/mol. The van der Waals surface area contributed by atoms with Crippen molar-refractivity contribution in [3.05, 3.63) is 138 Å². The summed E-state index contributed by atoms with van der Waals surface area (Å²) >= 11 is 0. The van der Waals surface area contributed by atoms with E-state index in [1.807, 2.05) is 41.2 Å². The number of para-hydroxylation sites is 3. The fourth-order valence-corrected chi connectivity index (χ4v) is 7.14. The second-order valence-electron chi connectivity index (χ2n) is 14.0. The van der Waals surface area contributed by atoms with Crippen LogP contribution in [0.15, 0.2) is 126 Å². The molecule has 0 bridgehead atoms. The molecule has 4 aromatic heterocycles. The third-order valence-corrected chi connectivity index (χ3v) is 9.62. The van der Waals surface area contributed by atoms with Gasteiger partial charge in [-0.25, -0.2) is 14.6 Å². The molecule has 0 spiro atoms. The van der Waals surface area contributed by atoms with Gasteiger partial charge in [-0.1, -0.05) is 75.4 Å². The molecule has 5 aromatic carbocycles. The van der Waals surface area contributed by atoms with Crippen LogP contribution in [0.4, 0.5) is 0 Å². The molecule has 0 aliphatic rings. The lowest BCUT2D eigenvalue weighted by atomic mass is 9.88. The van der Waals surface area contributed by atoms with Gasteiger partial charge < -0.3 is 9.15 Å². The molecular weight excluding hydrogens is 619 g/mol. The van der Waals surface area contributed by atoms with Crippen molar-refractivity contribution in [2.75, 3.05) is 0 Å². The van der Waals surface area contributed by atoms with Crippen molar-refractivity contribution in [1.29, 1.82) is 0 Å². The summed E-state index contributed by atoms with van der Waals surface area (Å²) in [5.41, 5.74) is 8.89. The highest BCUT2D eigenvalue weighted by Crippen LogP contribution is 2.42. The molecule has 50 heavy (non-hydrogen) atoms. The lowest BCUT2D eigenvalue weighted by Crippen LogP contribution is -2.12. The molecule has 0 radical (unpaired) electrons. The Kier molecular flexibility index (Phi) is 6.68. The van der Waals surface area contributed by atoms with E-state index >= 15 is 0 Å². The van der Waals surface area contributed by atoms with Crippen LogP contribution in [-0.4, -0.2) is 24.3 Å². The zero-order valence-electron chi connectivity index (χ0n) is 28.6. The van der Waals surface area contributed by atoms with Crippen LogP contribution < -0.4 is 4.74 Å². The van der Waals surface area contributed by atoms with E-state index in [4.69, 9.17) is 19.1 Å². The van der Waals surface area contributed by atoms with Gasteiger partial charge in [-0.2, -0.15) is 5.10 Å². The predicted molar refractivity (Wildman–Crippen MR) is 201 cm³/mol. The van der Waals surface area contributed by atoms with Crippen LogP contribution in [0.2, 0.25) is 0 Å². The Morgan fingerprint density at radius 3 is 2.26 bits per heavy atom. The lowest BCUT2D eigenvalue weighted by Gasteiger charge is -2.20. The molecule has 0 saturated carbocycles. The van der Waals surface area contributed by atoms with Gasteiger partial charge in [0.1, 0.15) is 23.5 Å². The maximum Gasteiger partial charge on any atom is 0.177 e. The summed E-state index contributed by atoms with van der Waals surface area (Å²) in [5, 5.41) is 8.91. The van der Waals surface area contributed by atoms with Gasteiger partial charge in [-0.3, -0.25) is 4.57 Å². The fraction of sp³-hybridized carbons (Fsp3) is 0.140. The second kappa shape index (κ2) is 11.2. The van der Waals surface area contributed by atoms with Crippen LogP contribution in [0, 0.1) is 13.8 Å². The number of fused-ring (bicyclic) bond motifs is 6. The minimum Gasteiger partial charge on any atom is -0.453 e. The smallest absolute Gasteiger partial charge is 0.177 e. The standard InChI is InChI=1S/C43H35N5O2/c1-26-11-10-12-27(2)40(26)48-42(45-25-46-48)28-21-34-33-14-7-9-16-37(33)50-41(34)38(22-28)49-30-17-18-32-31-13-6-8-15-35(31)47(36(32)24-30)39-23-29(19-20-44-39)43(3,4)5/h6-25H,1-5H3. The molecule has 7 heteroatoms. The van der Waals surface area contributed by atoms with Crippen LogP contribution in [0.25, 0.3) is 66.6 Å². The number of aryl methyl sites for hydroxylation is 2. The number of benzene rings is 5. The van der Waals surface area contributed by atoms with Crippen molar-refractivity contribution >= 4 is 43.7 Å². The van der Waals surface area contributed by atoms with Crippen molar-refractivity contribution in [3.8, 4) is 34.4 Å². The van der Waals surface area contributed by atoms with Gasteiger partial charge in [0.05, 0.1) is 16.7 Å². The van der Waals surface area contributed by atoms with E-state index in [0.717, 1.165) is 72.2 Å². The number of hydrogen-bond acceptors (Lipinski definition) is 5. The maximum atomic E-state index is 6.84. The predicted octanol–water partition coefficient (Wildman–Crippen LogP) is 11.0. The first-order valence-corrected chi connectivity index (χ1v) is 16.8. The van der Waals surface area contributed by atoms with Gasteiger partial charge in [0.2, 0.25) is 0 Å². The first-order valence-electron chi connectivity index (χ1n) is 16.8. The van der Waals surface area contributed by atoms with E-state index in [2.05, 4.69) is 123 Å². The van der Waals surface area contributed by atoms with Gasteiger partial charge in [-0.05, 0) is 84.5 Å². The zero-order chi connectivity index (χ0) is 34.1. The first kappa shape index (κ1) is 29.9. The fourth-order valence-electron chi connectivity index (χ4n) is 7.14. The van der Waals surface area contributed by atoms with Crippen LogP contribution in [-0.2, 0) is 5.41 Å². The summed E-state index contributed by atoms with van der Waals surface area (Å²) in [4.78, 5) is 9.61. The highest BCUT2D eigenvalue weighted by Gasteiger charge is 2.21. The second-order valence-corrected chi connectivity index (χ2v) is 14.0. The van der Waals surface area contributed by atoms with Gasteiger partial charge in [0.25, 0.3) is 0 Å². The van der Waals surface area contributed by atoms with E-state index < -0.39 is 0 Å². The number of hydrogen-bond donors (Lipinski definition) is 0. The molecule has 0 atom stereocenters. The Bertz CT molecular complexity index is 2740. The highest BCUT2D eigenvalue weighted by atomic mass is 16.5. The molecule has 244 valence electrons. The number of ether oxygens (including phenoxy) is 1. The summed E-state index contributed by atoms with van der Waals surface area (Å²) in [6.07, 6.45) is 3.51. The number of aromatic nitrogens is 5. The van der Waals surface area contributed by atoms with Gasteiger partial charge >= 0.3 is 0 Å². The van der Waals surface area contributed by atoms with Crippen molar-refractivity contribution in [3.63, 3.8) is 0 Å². The number of nitrogens with zero attached hydrogens (tertiary/aromatic N) is 5. The first-order chi connectivity index (χ1) is 24.2. The summed E-state index contributed by atoms with van der Waals surface area (Å²) < 4.78 is 17.5. The molecule has 0 unspecified atom stereocenters. The van der Waals surface area contributed by atoms with Crippen LogP contribution in [0.3, 0.4) is 0 Å². The molecule has 7 nitrogen and oxygen atoms in total. The Morgan fingerprint density at radius 2 is 1.44 bits per heavy atom. The summed E-state index contributed by atoms with van der Waals surface area (Å²) in [5.74, 6) is 2.87. The topological polar surface area (TPSA) is 70.9 Å². The summed E-state index contributed by atoms with van der Waals surface area (Å²) in [6.45, 7) is 10.9. The maximum absolute atomic E-state index is 6.84. The third kappa shape index (κ3) is 4.77. The van der Waals surface area contributed by atoms with Gasteiger partial charge in [-0.15, -0.1) is 0 Å². The van der Waals surface area contributed by atoms with Crippen LogP contribution >= 0.6 is 0 Å². The SMILES string of the molecule is Cc1cccc(C)c1-n1ncnc1-c1cc(Oc2ccc3c4ccccc4n(-c4cc(C(C)(C)C)ccn4)c3c2)c2oc3ccccc3c2c1. The van der Waals surface area contributed by atoms with Crippen molar-refractivity contribution in [1.82, 2.24) is 24.3 Å². The Labute approximate surface area is 289 Å². The summed E-state index contributed by atoms with van der Waals surface area (Å²) in [7, 11) is 0. The molecule has 0 N–H and O–H groups in total. The third-order valence-electron chi connectivity index (χ3n) is 9.62. The monoisotopic (exact) mass is 653 g/mol. The Hall–Kier alpha value is -6.21. The highest BCUT2D eigenvalue weighted by molar-refractivity contribution is 6.10. The quantitative estimate of drug-likeness (QED) is 0.185. The molecular formula is C43H35N5O2. The average Bonchev–Trinajstić information content (AvgIpc) is 3.82. The molecule has 0 amide bonds. The molecule has 0 saturated heterocycles. The van der Waals surface area contributed by atoms with Crippen molar-refractivity contribution in [2.45, 2.75) is 40.0 Å². The number of pyridine rings is 1. The van der Waals surface area contributed by atoms with E-state index in [-0.39, 0.29) is 5.41 Å². The van der Waals surface area contributed by atoms with Crippen molar-refractivity contribution in [2.24, 2.45) is 0 Å². The lowest BCUT2D eigenvalue weighted by molar-refractivity contribution is 0.477. The minimum atomic E-state index is -0.0180. The van der Waals surface area contributed by atoms with E-state index in [1.54, 1.807) is 6.33 Å². The summed E-state index contributed by atoms with van der Waals surface area (Å²) in [6, 6.07) is 37.5. The van der Waals surface area contributed by atoms with Crippen LogP contribution in [0.1, 0.15) is 37.5 Å². The molecule has 4 heterocycles. The molecule has 9 aromatic rings. The van der Waals surface area contributed by atoms with E-state index in [0.29, 0.717) is 17.1 Å². The molecule has 9 rings (SSSR count). The number of rotatable bonds is 5. The Balaban J connectivity index is 1.24. The van der Waals surface area contributed by atoms with E-state index in [1.165, 1.54) is 5.56 Å². The van der Waals surface area contributed by atoms with Crippen LogP contribution in [0.5, 0.6) is 11.5 Å². The number of furan rings is 1. The van der Waals surface area contributed by atoms with E-state index in [9.17, 15) is 0 Å². The molecule has 0 aliphatic heterocycles. The Morgan fingerprint density at radius 1 is 0.680 bits per heavy atom. The molecule has 0 aliphatic carbocycles. The van der Waals surface area contributed by atoms with Gasteiger partial charge in [0, 0.05) is 39.4 Å². The molecule has 0 fully saturated rings. The van der Waals surface area contributed by atoms with Crippen molar-refractivity contribution < 1.29 is 9.15 Å². The zero-order valence-corrected chi connectivity index (χ0v) is 28.6.